The minimum atomic E-state index is 0.342. The highest BCUT2D eigenvalue weighted by atomic mass is 35.5. The molecule has 0 aliphatic carbocycles. The largest absolute Gasteiger partial charge is 0.275 e. The smallest absolute Gasteiger partial charge is 0.170 e. The third-order valence-corrected chi connectivity index (χ3v) is 1.73. The zero-order valence-corrected chi connectivity index (χ0v) is 6.63. The van der Waals surface area contributed by atoms with E-state index in [1.807, 2.05) is 6.07 Å². The van der Waals surface area contributed by atoms with E-state index >= 15 is 0 Å². The number of nitriles is 1. The fourth-order valence-electron chi connectivity index (χ4n) is 0.976. The fraction of sp³-hybridized carbons (Fsp3) is 0. The minimum Gasteiger partial charge on any atom is -0.275 e. The summed E-state index contributed by atoms with van der Waals surface area (Å²) in [7, 11) is 0. The molecule has 0 fully saturated rings. The summed E-state index contributed by atoms with van der Waals surface area (Å²) in [5.41, 5.74) is 1.06. The Morgan fingerprint density at radius 3 is 3.17 bits per heavy atom. The predicted octanol–water partition coefficient (Wildman–Crippen LogP) is 1.48. The predicted molar refractivity (Wildman–Crippen MR) is 43.6 cm³/mol. The molecule has 0 atom stereocenters. The molecule has 2 aromatic rings. The Kier molecular flexibility index (Phi) is 1.45. The minimum absolute atomic E-state index is 0.342. The summed E-state index contributed by atoms with van der Waals surface area (Å²) in [5, 5.41) is 16.1. The van der Waals surface area contributed by atoms with Crippen LogP contribution in [0.25, 0.3) is 10.9 Å². The Hall–Kier alpha value is -1.60. The third-order valence-electron chi connectivity index (χ3n) is 1.52. The highest BCUT2D eigenvalue weighted by Crippen LogP contribution is 2.17. The van der Waals surface area contributed by atoms with E-state index in [-0.39, 0.29) is 0 Å². The number of nitrogens with zero attached hydrogens (tertiary/aromatic N) is 3. The average Bonchev–Trinajstić information content (AvgIpc) is 2.46. The van der Waals surface area contributed by atoms with Gasteiger partial charge in [-0.05, 0) is 6.07 Å². The van der Waals surface area contributed by atoms with E-state index in [0.717, 1.165) is 5.52 Å². The SMILES string of the molecule is N#Cc1n[nH]c2cnc(Cl)cc12. The first-order valence-electron chi connectivity index (χ1n) is 3.21. The van der Waals surface area contributed by atoms with Crippen molar-refractivity contribution in [2.24, 2.45) is 0 Å². The van der Waals surface area contributed by atoms with Gasteiger partial charge in [0.1, 0.15) is 11.2 Å². The van der Waals surface area contributed by atoms with Crippen molar-refractivity contribution in [3.63, 3.8) is 0 Å². The Morgan fingerprint density at radius 2 is 2.42 bits per heavy atom. The van der Waals surface area contributed by atoms with Crippen molar-refractivity contribution in [1.82, 2.24) is 15.2 Å². The van der Waals surface area contributed by atoms with Crippen molar-refractivity contribution >= 4 is 22.5 Å². The van der Waals surface area contributed by atoms with E-state index in [9.17, 15) is 0 Å². The third kappa shape index (κ3) is 0.917. The average molecular weight is 179 g/mol. The second kappa shape index (κ2) is 2.47. The van der Waals surface area contributed by atoms with Crippen LogP contribution in [0.3, 0.4) is 0 Å². The van der Waals surface area contributed by atoms with Gasteiger partial charge in [-0.3, -0.25) is 5.10 Å². The number of halogens is 1. The van der Waals surface area contributed by atoms with Crippen molar-refractivity contribution in [1.29, 1.82) is 5.26 Å². The maximum Gasteiger partial charge on any atom is 0.170 e. The molecule has 0 saturated carbocycles. The fourth-order valence-corrected chi connectivity index (χ4v) is 1.13. The molecular formula is C7H3ClN4. The molecule has 0 saturated heterocycles. The lowest BCUT2D eigenvalue weighted by Gasteiger charge is -1.87. The van der Waals surface area contributed by atoms with Crippen molar-refractivity contribution in [2.75, 3.05) is 0 Å². The Labute approximate surface area is 72.8 Å². The summed E-state index contributed by atoms with van der Waals surface area (Å²) in [6.07, 6.45) is 1.55. The number of rotatable bonds is 0. The van der Waals surface area contributed by atoms with Crippen LogP contribution >= 0.6 is 11.6 Å². The van der Waals surface area contributed by atoms with Gasteiger partial charge in [0.2, 0.25) is 0 Å². The van der Waals surface area contributed by atoms with Crippen molar-refractivity contribution in [3.8, 4) is 6.07 Å². The van der Waals surface area contributed by atoms with Crippen molar-refractivity contribution in [3.05, 3.63) is 23.1 Å². The molecule has 0 aliphatic rings. The van der Waals surface area contributed by atoms with Gasteiger partial charge in [0, 0.05) is 5.39 Å². The number of nitrogens with one attached hydrogen (secondary N) is 1. The van der Waals surface area contributed by atoms with Gasteiger partial charge in [-0.1, -0.05) is 11.6 Å². The molecular weight excluding hydrogens is 176 g/mol. The van der Waals surface area contributed by atoms with E-state index in [4.69, 9.17) is 16.9 Å². The molecule has 4 nitrogen and oxygen atoms in total. The van der Waals surface area contributed by atoms with Gasteiger partial charge < -0.3 is 0 Å². The number of hydrogen-bond donors (Lipinski definition) is 1. The van der Waals surface area contributed by atoms with Crippen LogP contribution in [0, 0.1) is 11.3 Å². The van der Waals surface area contributed by atoms with Crippen LogP contribution in [-0.4, -0.2) is 15.2 Å². The van der Waals surface area contributed by atoms with Gasteiger partial charge in [-0.2, -0.15) is 10.4 Å². The molecule has 58 valence electrons. The second-order valence-electron chi connectivity index (χ2n) is 2.24. The second-order valence-corrected chi connectivity index (χ2v) is 2.62. The number of pyridine rings is 1. The van der Waals surface area contributed by atoms with Crippen molar-refractivity contribution in [2.45, 2.75) is 0 Å². The van der Waals surface area contributed by atoms with E-state index in [1.165, 1.54) is 0 Å². The van der Waals surface area contributed by atoms with Crippen LogP contribution in [0.5, 0.6) is 0 Å². The molecule has 2 rings (SSSR count). The van der Waals surface area contributed by atoms with Crippen LogP contribution in [-0.2, 0) is 0 Å². The van der Waals surface area contributed by atoms with E-state index in [0.29, 0.717) is 16.2 Å². The molecule has 0 aromatic carbocycles. The van der Waals surface area contributed by atoms with Crippen LogP contribution in [0.4, 0.5) is 0 Å². The Bertz CT molecular complexity index is 468. The first-order chi connectivity index (χ1) is 5.81. The summed E-state index contributed by atoms with van der Waals surface area (Å²) in [4.78, 5) is 3.84. The van der Waals surface area contributed by atoms with Crippen LogP contribution in [0.15, 0.2) is 12.3 Å². The van der Waals surface area contributed by atoms with Gasteiger partial charge >= 0.3 is 0 Å². The number of aromatic amines is 1. The number of hydrogen-bond acceptors (Lipinski definition) is 3. The molecule has 12 heavy (non-hydrogen) atoms. The van der Waals surface area contributed by atoms with E-state index in [2.05, 4.69) is 15.2 Å². The molecule has 0 amide bonds. The lowest BCUT2D eigenvalue weighted by atomic mass is 10.3. The molecule has 0 radical (unpaired) electrons. The summed E-state index contributed by atoms with van der Waals surface area (Å²) < 4.78 is 0. The Morgan fingerprint density at radius 1 is 1.58 bits per heavy atom. The van der Waals surface area contributed by atoms with Gasteiger partial charge in [0.15, 0.2) is 5.69 Å². The molecule has 0 bridgehead atoms. The number of fused-ring (bicyclic) bond motifs is 1. The Balaban J connectivity index is 2.86. The molecule has 0 spiro atoms. The van der Waals surface area contributed by atoms with Gasteiger partial charge in [0.05, 0.1) is 11.7 Å². The van der Waals surface area contributed by atoms with Crippen LogP contribution < -0.4 is 0 Å². The quantitative estimate of drug-likeness (QED) is 0.622. The molecule has 2 aromatic heterocycles. The molecule has 5 heteroatoms. The molecule has 1 N–H and O–H groups in total. The van der Waals surface area contributed by atoms with Crippen LogP contribution in [0.2, 0.25) is 5.15 Å². The maximum absolute atomic E-state index is 8.62. The van der Waals surface area contributed by atoms with E-state index in [1.54, 1.807) is 12.3 Å². The summed E-state index contributed by atoms with van der Waals surface area (Å²) >= 11 is 5.64. The van der Waals surface area contributed by atoms with Crippen LogP contribution in [0.1, 0.15) is 5.69 Å². The zero-order valence-electron chi connectivity index (χ0n) is 5.87. The maximum atomic E-state index is 8.62. The normalized spacial score (nSPS) is 10.0. The standard InChI is InChI=1S/C7H3ClN4/c8-7-1-4-5(2-9)11-12-6(4)3-10-7/h1,3H,(H,11,12). The molecule has 2 heterocycles. The van der Waals surface area contributed by atoms with Gasteiger partial charge in [-0.15, -0.1) is 0 Å². The monoisotopic (exact) mass is 178 g/mol. The molecule has 0 unspecified atom stereocenters. The highest BCUT2D eigenvalue weighted by molar-refractivity contribution is 6.30. The van der Waals surface area contributed by atoms with Gasteiger partial charge in [0.25, 0.3) is 0 Å². The van der Waals surface area contributed by atoms with Crippen molar-refractivity contribution < 1.29 is 0 Å². The first-order valence-corrected chi connectivity index (χ1v) is 3.59. The summed E-state index contributed by atoms with van der Waals surface area (Å²) in [5.74, 6) is 0. The molecule has 0 aliphatic heterocycles. The first kappa shape index (κ1) is 7.07. The zero-order chi connectivity index (χ0) is 8.55. The highest BCUT2D eigenvalue weighted by Gasteiger charge is 2.04. The van der Waals surface area contributed by atoms with Gasteiger partial charge in [-0.25, -0.2) is 4.98 Å². The lowest BCUT2D eigenvalue weighted by Crippen LogP contribution is -1.75. The lowest BCUT2D eigenvalue weighted by molar-refractivity contribution is 1.09. The number of H-pyrrole nitrogens is 1. The summed E-state index contributed by atoms with van der Waals surface area (Å²) in [6.45, 7) is 0. The topological polar surface area (TPSA) is 65.4 Å². The van der Waals surface area contributed by atoms with E-state index < -0.39 is 0 Å². The number of aromatic nitrogens is 3. The summed E-state index contributed by atoms with van der Waals surface area (Å²) in [6, 6.07) is 3.56.